The van der Waals surface area contributed by atoms with Gasteiger partial charge in [-0.3, -0.25) is 0 Å². The van der Waals surface area contributed by atoms with Crippen molar-refractivity contribution in [3.05, 3.63) is 72.7 Å². The summed E-state index contributed by atoms with van der Waals surface area (Å²) in [5.41, 5.74) is 6.27. The zero-order valence-electron chi connectivity index (χ0n) is 21.9. The molecule has 8 nitrogen and oxygen atoms in total. The minimum Gasteiger partial charge on any atom is -0.496 e. The number of hydrogen-bond acceptors (Lipinski definition) is 6. The van der Waals surface area contributed by atoms with E-state index in [0.29, 0.717) is 17.6 Å². The number of aryl methyl sites for hydroxylation is 1. The largest absolute Gasteiger partial charge is 0.496 e. The van der Waals surface area contributed by atoms with Crippen molar-refractivity contribution in [3.63, 3.8) is 0 Å². The molecule has 0 saturated heterocycles. The highest BCUT2D eigenvalue weighted by atomic mass is 16.5. The first-order valence-corrected chi connectivity index (χ1v) is 13.0. The number of aliphatic hydroxyl groups is 1. The van der Waals surface area contributed by atoms with E-state index in [0.717, 1.165) is 64.2 Å². The highest BCUT2D eigenvalue weighted by Gasteiger charge is 2.28. The van der Waals surface area contributed by atoms with Crippen molar-refractivity contribution in [3.8, 4) is 39.7 Å². The average Bonchev–Trinajstić information content (AvgIpc) is 3.67. The quantitative estimate of drug-likeness (QED) is 0.308. The molecule has 0 aliphatic heterocycles. The summed E-state index contributed by atoms with van der Waals surface area (Å²) >= 11 is 0. The molecule has 2 N–H and O–H groups in total. The fraction of sp³-hybridized carbons (Fsp3) is 0.300. The van der Waals surface area contributed by atoms with Crippen LogP contribution in [0.1, 0.15) is 24.8 Å². The van der Waals surface area contributed by atoms with Crippen LogP contribution in [-0.4, -0.2) is 49.0 Å². The Morgan fingerprint density at radius 2 is 1.92 bits per heavy atom. The van der Waals surface area contributed by atoms with Gasteiger partial charge in [0.2, 0.25) is 5.82 Å². The third-order valence-electron chi connectivity index (χ3n) is 7.65. The number of rotatable bonds is 7. The van der Waals surface area contributed by atoms with Crippen LogP contribution in [0.4, 0.5) is 5.82 Å². The Labute approximate surface area is 222 Å². The van der Waals surface area contributed by atoms with Gasteiger partial charge < -0.3 is 19.7 Å². The first-order valence-electron chi connectivity index (χ1n) is 13.0. The van der Waals surface area contributed by atoms with E-state index < -0.39 is 0 Å². The van der Waals surface area contributed by atoms with Gasteiger partial charge in [0.05, 0.1) is 7.11 Å². The molecule has 0 bridgehead atoms. The monoisotopic (exact) mass is 508 g/mol. The van der Waals surface area contributed by atoms with Crippen LogP contribution in [0.25, 0.3) is 39.4 Å². The van der Waals surface area contributed by atoms with Crippen LogP contribution in [0.15, 0.2) is 67.1 Å². The lowest BCUT2D eigenvalue weighted by molar-refractivity contribution is 0.229. The van der Waals surface area contributed by atoms with Crippen molar-refractivity contribution in [1.29, 1.82) is 0 Å². The summed E-state index contributed by atoms with van der Waals surface area (Å²) in [5.74, 6) is 3.18. The lowest BCUT2D eigenvalue weighted by Crippen LogP contribution is -2.19. The van der Waals surface area contributed by atoms with Crippen LogP contribution in [0, 0.1) is 12.8 Å². The summed E-state index contributed by atoms with van der Waals surface area (Å²) < 4.78 is 9.53. The highest BCUT2D eigenvalue weighted by Crippen LogP contribution is 2.42. The van der Waals surface area contributed by atoms with Crippen LogP contribution in [0.2, 0.25) is 0 Å². The molecule has 8 heteroatoms. The maximum atomic E-state index is 9.73. The average molecular weight is 509 g/mol. The molecule has 0 spiro atoms. The summed E-state index contributed by atoms with van der Waals surface area (Å²) in [6.45, 7) is 2.30. The number of hydrogen-bond donors (Lipinski definition) is 2. The zero-order chi connectivity index (χ0) is 26.2. The topological polar surface area (TPSA) is 89.5 Å². The van der Waals surface area contributed by atoms with Gasteiger partial charge in [0, 0.05) is 49.4 Å². The molecule has 38 heavy (non-hydrogen) atoms. The fourth-order valence-electron chi connectivity index (χ4n) is 5.65. The second-order valence-electron chi connectivity index (χ2n) is 10.1. The minimum absolute atomic E-state index is 0.218. The Bertz CT molecular complexity index is 1590. The van der Waals surface area contributed by atoms with Gasteiger partial charge in [-0.25, -0.2) is 14.5 Å². The molecule has 3 heterocycles. The predicted octanol–water partition coefficient (Wildman–Crippen LogP) is 5.35. The van der Waals surface area contributed by atoms with Crippen LogP contribution in [0.5, 0.6) is 5.75 Å². The normalized spacial score (nSPS) is 17.3. The van der Waals surface area contributed by atoms with Crippen molar-refractivity contribution in [2.45, 2.75) is 32.2 Å². The van der Waals surface area contributed by atoms with Gasteiger partial charge in [-0.2, -0.15) is 0 Å². The number of anilines is 1. The van der Waals surface area contributed by atoms with Crippen molar-refractivity contribution in [2.24, 2.45) is 13.0 Å². The lowest BCUT2D eigenvalue weighted by Gasteiger charge is -2.17. The number of aliphatic hydroxyl groups excluding tert-OH is 1. The third-order valence-corrected chi connectivity index (χ3v) is 7.65. The SMILES string of the molecule is COc1cccc(-c2cn3nc(-c4nccn4C)nc(N[C@@H]4CC[C@H](CO)C4)c3c2-c2ccccc2)c1C. The number of fused-ring (bicyclic) bond motifs is 1. The maximum Gasteiger partial charge on any atom is 0.218 e. The Balaban J connectivity index is 1.63. The van der Waals surface area contributed by atoms with Gasteiger partial charge in [-0.05, 0) is 54.9 Å². The molecule has 1 aliphatic rings. The second kappa shape index (κ2) is 9.95. The molecule has 1 aliphatic carbocycles. The van der Waals surface area contributed by atoms with Crippen molar-refractivity contribution in [1.82, 2.24) is 24.1 Å². The Morgan fingerprint density at radius 1 is 1.08 bits per heavy atom. The molecule has 1 fully saturated rings. The number of ether oxygens (including phenoxy) is 1. The molecule has 1 saturated carbocycles. The molecule has 2 aromatic carbocycles. The molecule has 194 valence electrons. The van der Waals surface area contributed by atoms with Crippen molar-refractivity contribution < 1.29 is 9.84 Å². The maximum absolute atomic E-state index is 9.73. The van der Waals surface area contributed by atoms with Gasteiger partial charge in [-0.15, -0.1) is 5.10 Å². The van der Waals surface area contributed by atoms with E-state index in [4.69, 9.17) is 14.8 Å². The van der Waals surface area contributed by atoms with Gasteiger partial charge in [0.1, 0.15) is 11.3 Å². The van der Waals surface area contributed by atoms with Gasteiger partial charge >= 0.3 is 0 Å². The summed E-state index contributed by atoms with van der Waals surface area (Å²) in [5, 5.41) is 18.4. The summed E-state index contributed by atoms with van der Waals surface area (Å²) in [7, 11) is 3.65. The van der Waals surface area contributed by atoms with E-state index in [1.54, 1.807) is 13.3 Å². The van der Waals surface area contributed by atoms with E-state index in [2.05, 4.69) is 53.8 Å². The predicted molar refractivity (Wildman–Crippen MR) is 149 cm³/mol. The first kappa shape index (κ1) is 24.2. The van der Waals surface area contributed by atoms with E-state index in [1.165, 1.54) is 0 Å². The van der Waals surface area contributed by atoms with Crippen LogP contribution >= 0.6 is 0 Å². The standard InChI is InChI=1S/C30H32N6O2/c1-19-23(10-7-11-25(19)38-3)24-17-36-27(26(24)21-8-5-4-6-9-21)28(32-22-13-12-20(16-22)18-37)33-29(34-36)30-31-14-15-35(30)2/h4-11,14-15,17,20,22,37H,12-13,16,18H2,1-3H3,(H,32,33,34)/t20-,22+/m0/s1. The number of imidazole rings is 1. The molecule has 3 aromatic heterocycles. The molecule has 0 unspecified atom stereocenters. The molecule has 2 atom stereocenters. The van der Waals surface area contributed by atoms with E-state index in [1.807, 2.05) is 40.5 Å². The first-order chi connectivity index (χ1) is 18.6. The van der Waals surface area contributed by atoms with Crippen LogP contribution < -0.4 is 10.1 Å². The lowest BCUT2D eigenvalue weighted by atomic mass is 9.94. The second-order valence-corrected chi connectivity index (χ2v) is 10.1. The Hall–Kier alpha value is -4.17. The summed E-state index contributed by atoms with van der Waals surface area (Å²) in [4.78, 5) is 9.57. The fourth-order valence-corrected chi connectivity index (χ4v) is 5.65. The van der Waals surface area contributed by atoms with E-state index in [-0.39, 0.29) is 12.6 Å². The number of benzene rings is 2. The smallest absolute Gasteiger partial charge is 0.218 e. The number of aromatic nitrogens is 5. The van der Waals surface area contributed by atoms with Crippen molar-refractivity contribution in [2.75, 3.05) is 19.0 Å². The molecule has 0 amide bonds. The van der Waals surface area contributed by atoms with Crippen LogP contribution in [0.3, 0.4) is 0 Å². The highest BCUT2D eigenvalue weighted by molar-refractivity contribution is 5.99. The molecular formula is C30H32N6O2. The van der Waals surface area contributed by atoms with Gasteiger partial charge in [0.25, 0.3) is 0 Å². The number of methoxy groups -OCH3 is 1. The summed E-state index contributed by atoms with van der Waals surface area (Å²) in [6, 6.07) is 16.8. The van der Waals surface area contributed by atoms with E-state index in [9.17, 15) is 5.11 Å². The van der Waals surface area contributed by atoms with E-state index >= 15 is 0 Å². The molecule has 5 aromatic rings. The molecule has 6 rings (SSSR count). The van der Waals surface area contributed by atoms with Gasteiger partial charge in [-0.1, -0.05) is 42.5 Å². The zero-order valence-corrected chi connectivity index (χ0v) is 21.9. The molecule has 0 radical (unpaired) electrons. The molecular weight excluding hydrogens is 476 g/mol. The summed E-state index contributed by atoms with van der Waals surface area (Å²) in [6.07, 6.45) is 8.65. The van der Waals surface area contributed by atoms with Crippen LogP contribution in [-0.2, 0) is 7.05 Å². The van der Waals surface area contributed by atoms with Crippen molar-refractivity contribution >= 4 is 11.3 Å². The Morgan fingerprint density at radius 3 is 2.63 bits per heavy atom. The number of nitrogens with zero attached hydrogens (tertiary/aromatic N) is 5. The number of nitrogens with one attached hydrogen (secondary N) is 1. The van der Waals surface area contributed by atoms with Gasteiger partial charge in [0.15, 0.2) is 11.6 Å². The third kappa shape index (κ3) is 4.20. The minimum atomic E-state index is 0.218. The Kier molecular flexibility index (Phi) is 6.33.